The van der Waals surface area contributed by atoms with Crippen LogP contribution in [-0.2, 0) is 4.74 Å². The molecule has 0 fully saturated rings. The van der Waals surface area contributed by atoms with Gasteiger partial charge >= 0.3 is 0 Å². The summed E-state index contributed by atoms with van der Waals surface area (Å²) >= 11 is 0. The van der Waals surface area contributed by atoms with Gasteiger partial charge in [0.25, 0.3) is 0 Å². The molecule has 0 amide bonds. The number of aliphatic hydroxyl groups excluding tert-OH is 1. The fourth-order valence-corrected chi connectivity index (χ4v) is 1.47. The van der Waals surface area contributed by atoms with Gasteiger partial charge in [-0.25, -0.2) is 0 Å². The Morgan fingerprint density at radius 1 is 1.64 bits per heavy atom. The minimum absolute atomic E-state index is 0.0166. The van der Waals surface area contributed by atoms with Gasteiger partial charge in [0.15, 0.2) is 0 Å². The average Bonchev–Trinajstić information content (AvgIpc) is 2.50. The maximum absolute atomic E-state index is 8.66. The van der Waals surface area contributed by atoms with Crippen molar-refractivity contribution in [3.05, 3.63) is 12.3 Å². The molecule has 1 N–H and O–H groups in total. The summed E-state index contributed by atoms with van der Waals surface area (Å²) in [7, 11) is 0. The minimum atomic E-state index is 0.0166. The van der Waals surface area contributed by atoms with E-state index in [1.54, 1.807) is 6.26 Å². The van der Waals surface area contributed by atoms with E-state index >= 15 is 0 Å². The van der Waals surface area contributed by atoms with Crippen LogP contribution in [0.4, 0.5) is 0 Å². The van der Waals surface area contributed by atoms with Crippen LogP contribution < -0.4 is 0 Å². The number of ether oxygens (including phenoxy) is 1. The minimum Gasteiger partial charge on any atom is -0.495 e. The van der Waals surface area contributed by atoms with Crippen molar-refractivity contribution in [2.75, 3.05) is 6.61 Å². The van der Waals surface area contributed by atoms with Gasteiger partial charge in [0.1, 0.15) is 5.60 Å². The second-order valence-corrected chi connectivity index (χ2v) is 3.06. The molecule has 1 rings (SSSR count). The predicted molar refractivity (Wildman–Crippen MR) is 44.2 cm³/mol. The first-order valence-corrected chi connectivity index (χ1v) is 4.27. The highest BCUT2D eigenvalue weighted by Crippen LogP contribution is 2.31. The van der Waals surface area contributed by atoms with Crippen LogP contribution >= 0.6 is 0 Å². The third-order valence-corrected chi connectivity index (χ3v) is 2.34. The van der Waals surface area contributed by atoms with Crippen molar-refractivity contribution in [2.45, 2.75) is 38.2 Å². The standard InChI is InChI=1S/C9H16O2/c1-2-9(5-3-7-10)6-4-8-11-9/h4,8,10H,2-3,5-7H2,1H3. The van der Waals surface area contributed by atoms with E-state index < -0.39 is 0 Å². The highest BCUT2D eigenvalue weighted by atomic mass is 16.5. The fraction of sp³-hybridized carbons (Fsp3) is 0.778. The van der Waals surface area contributed by atoms with E-state index in [1.807, 2.05) is 0 Å². The molecule has 11 heavy (non-hydrogen) atoms. The van der Waals surface area contributed by atoms with E-state index in [0.717, 1.165) is 25.7 Å². The van der Waals surface area contributed by atoms with Crippen molar-refractivity contribution in [3.63, 3.8) is 0 Å². The molecule has 0 aromatic rings. The molecule has 1 aliphatic heterocycles. The summed E-state index contributed by atoms with van der Waals surface area (Å²) in [6.45, 7) is 2.40. The van der Waals surface area contributed by atoms with Crippen molar-refractivity contribution < 1.29 is 9.84 Å². The first kappa shape index (κ1) is 8.60. The second kappa shape index (κ2) is 3.77. The summed E-state index contributed by atoms with van der Waals surface area (Å²) in [5.41, 5.74) is 0.0166. The molecule has 2 heteroatoms. The normalized spacial score (nSPS) is 28.9. The van der Waals surface area contributed by atoms with Crippen LogP contribution in [0.15, 0.2) is 12.3 Å². The predicted octanol–water partition coefficient (Wildman–Crippen LogP) is 1.84. The van der Waals surface area contributed by atoms with Crippen molar-refractivity contribution in [1.82, 2.24) is 0 Å². The molecule has 1 aliphatic rings. The SMILES string of the molecule is CCC1(CCCO)CC=CO1. The molecule has 1 atom stereocenters. The molecule has 1 unspecified atom stereocenters. The molecule has 0 spiro atoms. The van der Waals surface area contributed by atoms with Gasteiger partial charge in [-0.15, -0.1) is 0 Å². The second-order valence-electron chi connectivity index (χ2n) is 3.06. The van der Waals surface area contributed by atoms with E-state index in [2.05, 4.69) is 13.0 Å². The quantitative estimate of drug-likeness (QED) is 0.673. The highest BCUT2D eigenvalue weighted by Gasteiger charge is 2.29. The van der Waals surface area contributed by atoms with Gasteiger partial charge in [0, 0.05) is 13.0 Å². The van der Waals surface area contributed by atoms with Gasteiger partial charge in [0.2, 0.25) is 0 Å². The van der Waals surface area contributed by atoms with E-state index in [0.29, 0.717) is 0 Å². The number of hydrogen-bond acceptors (Lipinski definition) is 2. The molecule has 0 saturated heterocycles. The number of rotatable bonds is 4. The van der Waals surface area contributed by atoms with E-state index in [9.17, 15) is 0 Å². The third kappa shape index (κ3) is 1.96. The zero-order valence-electron chi connectivity index (χ0n) is 7.05. The third-order valence-electron chi connectivity index (χ3n) is 2.34. The lowest BCUT2D eigenvalue weighted by atomic mass is 9.92. The number of hydrogen-bond donors (Lipinski definition) is 1. The molecule has 0 aliphatic carbocycles. The van der Waals surface area contributed by atoms with Crippen molar-refractivity contribution >= 4 is 0 Å². The fourth-order valence-electron chi connectivity index (χ4n) is 1.47. The first-order chi connectivity index (χ1) is 5.33. The van der Waals surface area contributed by atoms with Crippen molar-refractivity contribution in [1.29, 1.82) is 0 Å². The van der Waals surface area contributed by atoms with Gasteiger partial charge in [-0.2, -0.15) is 0 Å². The first-order valence-electron chi connectivity index (χ1n) is 4.27. The Bertz CT molecular complexity index is 132. The van der Waals surface area contributed by atoms with Crippen LogP contribution in [0.1, 0.15) is 32.6 Å². The molecule has 2 nitrogen and oxygen atoms in total. The Morgan fingerprint density at radius 2 is 2.45 bits per heavy atom. The van der Waals surface area contributed by atoms with E-state index in [-0.39, 0.29) is 12.2 Å². The maximum atomic E-state index is 8.66. The monoisotopic (exact) mass is 156 g/mol. The molecular formula is C9H16O2. The summed E-state index contributed by atoms with van der Waals surface area (Å²) in [5.74, 6) is 0. The molecule has 1 heterocycles. The Balaban J connectivity index is 2.35. The van der Waals surface area contributed by atoms with Gasteiger partial charge in [0.05, 0.1) is 6.26 Å². The zero-order chi connectivity index (χ0) is 8.16. The van der Waals surface area contributed by atoms with E-state index in [4.69, 9.17) is 9.84 Å². The summed E-state index contributed by atoms with van der Waals surface area (Å²) in [6, 6.07) is 0. The average molecular weight is 156 g/mol. The topological polar surface area (TPSA) is 29.5 Å². The summed E-state index contributed by atoms with van der Waals surface area (Å²) in [4.78, 5) is 0. The lowest BCUT2D eigenvalue weighted by Gasteiger charge is -2.26. The van der Waals surface area contributed by atoms with Gasteiger partial charge in [-0.05, 0) is 25.3 Å². The molecule has 0 saturated carbocycles. The molecule has 64 valence electrons. The zero-order valence-corrected chi connectivity index (χ0v) is 7.05. The Hall–Kier alpha value is -0.500. The molecule has 0 aromatic carbocycles. The van der Waals surface area contributed by atoms with E-state index in [1.165, 1.54) is 0 Å². The van der Waals surface area contributed by atoms with Gasteiger partial charge in [-0.1, -0.05) is 6.92 Å². The summed E-state index contributed by atoms with van der Waals surface area (Å²) in [6.07, 6.45) is 7.67. The molecule has 0 radical (unpaired) electrons. The van der Waals surface area contributed by atoms with Crippen LogP contribution in [0.3, 0.4) is 0 Å². The van der Waals surface area contributed by atoms with Crippen LogP contribution in [0.2, 0.25) is 0 Å². The van der Waals surface area contributed by atoms with Crippen LogP contribution in [0.5, 0.6) is 0 Å². The van der Waals surface area contributed by atoms with Crippen LogP contribution in [0, 0.1) is 0 Å². The van der Waals surface area contributed by atoms with Crippen LogP contribution in [-0.4, -0.2) is 17.3 Å². The lowest BCUT2D eigenvalue weighted by molar-refractivity contribution is 0.0261. The van der Waals surface area contributed by atoms with Gasteiger partial charge in [-0.3, -0.25) is 0 Å². The van der Waals surface area contributed by atoms with Crippen molar-refractivity contribution in [2.24, 2.45) is 0 Å². The van der Waals surface area contributed by atoms with Crippen LogP contribution in [0.25, 0.3) is 0 Å². The molecule has 0 bridgehead atoms. The smallest absolute Gasteiger partial charge is 0.111 e. The Kier molecular flexibility index (Phi) is 2.94. The van der Waals surface area contributed by atoms with Crippen molar-refractivity contribution in [3.8, 4) is 0 Å². The summed E-state index contributed by atoms with van der Waals surface area (Å²) < 4.78 is 5.50. The van der Waals surface area contributed by atoms with Gasteiger partial charge < -0.3 is 9.84 Å². The molecule has 0 aromatic heterocycles. The largest absolute Gasteiger partial charge is 0.495 e. The Labute approximate surface area is 67.9 Å². The maximum Gasteiger partial charge on any atom is 0.111 e. The lowest BCUT2D eigenvalue weighted by Crippen LogP contribution is -2.26. The highest BCUT2D eigenvalue weighted by molar-refractivity contribution is 4.97. The Morgan fingerprint density at radius 3 is 2.91 bits per heavy atom. The number of aliphatic hydroxyl groups is 1. The molecular weight excluding hydrogens is 140 g/mol. The summed E-state index contributed by atoms with van der Waals surface area (Å²) in [5, 5.41) is 8.66.